The topological polar surface area (TPSA) is 46.5 Å². The van der Waals surface area contributed by atoms with Gasteiger partial charge in [0.25, 0.3) is 0 Å². The van der Waals surface area contributed by atoms with Gasteiger partial charge in [-0.15, -0.1) is 0 Å². The Hall–Kier alpha value is -0.710. The first-order valence-corrected chi connectivity index (χ1v) is 8.56. The van der Waals surface area contributed by atoms with Crippen molar-refractivity contribution in [1.29, 1.82) is 0 Å². The third kappa shape index (κ3) is 1.89. The Morgan fingerprint density at radius 3 is 2.81 bits per heavy atom. The zero-order valence-corrected chi connectivity index (χ0v) is 13.5. The average Bonchev–Trinajstić information content (AvgIpc) is 3.13. The normalized spacial score (nSPS) is 40.8. The summed E-state index contributed by atoms with van der Waals surface area (Å²) in [6.07, 6.45) is 2.36. The molecule has 2 heterocycles. The first kappa shape index (κ1) is 13.9. The predicted octanol–water partition coefficient (Wildman–Crippen LogP) is 2.83. The molecule has 6 atom stereocenters. The lowest BCUT2D eigenvalue weighted by atomic mass is 9.81. The highest BCUT2D eigenvalue weighted by atomic mass is 79.9. The predicted molar refractivity (Wildman–Crippen MR) is 82.1 cm³/mol. The van der Waals surface area contributed by atoms with E-state index in [0.29, 0.717) is 0 Å². The van der Waals surface area contributed by atoms with Crippen LogP contribution in [0.3, 0.4) is 0 Å². The molecule has 0 amide bonds. The number of benzene rings is 1. The van der Waals surface area contributed by atoms with E-state index in [1.54, 1.807) is 0 Å². The molecule has 6 unspecified atom stereocenters. The highest BCUT2D eigenvalue weighted by Crippen LogP contribution is 2.54. The summed E-state index contributed by atoms with van der Waals surface area (Å²) < 4.78 is 6.82. The Morgan fingerprint density at radius 1 is 1.33 bits per heavy atom. The van der Waals surface area contributed by atoms with Gasteiger partial charge in [-0.3, -0.25) is 4.79 Å². The first-order valence-electron chi connectivity index (χ1n) is 7.77. The number of carbonyl (C=O) groups excluding carboxylic acids is 1. The molecule has 1 aromatic carbocycles. The Labute approximate surface area is 132 Å². The summed E-state index contributed by atoms with van der Waals surface area (Å²) in [5, 5.41) is 10.8. The number of fused-ring (bicyclic) bond motifs is 5. The van der Waals surface area contributed by atoms with Crippen molar-refractivity contribution in [3.8, 4) is 0 Å². The SMILES string of the molecule is CCc1ccc(Br)cc1C1C(=O)C2C3CCC(O3)C2C1O. The van der Waals surface area contributed by atoms with Crippen molar-refractivity contribution in [2.45, 2.75) is 50.4 Å². The average molecular weight is 351 g/mol. The van der Waals surface area contributed by atoms with E-state index in [9.17, 15) is 9.90 Å². The van der Waals surface area contributed by atoms with Gasteiger partial charge in [0, 0.05) is 10.4 Å². The van der Waals surface area contributed by atoms with Gasteiger partial charge in [-0.2, -0.15) is 0 Å². The molecule has 4 heteroatoms. The van der Waals surface area contributed by atoms with Crippen LogP contribution in [0.5, 0.6) is 0 Å². The number of hydrogen-bond donors (Lipinski definition) is 1. The minimum absolute atomic E-state index is 0.00457. The van der Waals surface area contributed by atoms with Crippen LogP contribution in [0.25, 0.3) is 0 Å². The molecule has 2 bridgehead atoms. The van der Waals surface area contributed by atoms with Crippen molar-refractivity contribution in [3.63, 3.8) is 0 Å². The van der Waals surface area contributed by atoms with Crippen molar-refractivity contribution in [1.82, 2.24) is 0 Å². The lowest BCUT2D eigenvalue weighted by Gasteiger charge is -2.23. The lowest BCUT2D eigenvalue weighted by Crippen LogP contribution is -2.31. The summed E-state index contributed by atoms with van der Waals surface area (Å²) >= 11 is 3.49. The van der Waals surface area contributed by atoms with Gasteiger partial charge in [-0.05, 0) is 42.5 Å². The molecule has 1 N–H and O–H groups in total. The molecule has 0 aromatic heterocycles. The van der Waals surface area contributed by atoms with E-state index in [2.05, 4.69) is 28.9 Å². The Morgan fingerprint density at radius 2 is 2.10 bits per heavy atom. The summed E-state index contributed by atoms with van der Waals surface area (Å²) in [5.74, 6) is -0.274. The van der Waals surface area contributed by atoms with Crippen LogP contribution in [0.1, 0.15) is 36.8 Å². The number of aryl methyl sites for hydroxylation is 1. The van der Waals surface area contributed by atoms with Crippen LogP contribution < -0.4 is 0 Å². The minimum atomic E-state index is -0.600. The number of halogens is 1. The highest BCUT2D eigenvalue weighted by Gasteiger charge is 2.62. The van der Waals surface area contributed by atoms with Crippen molar-refractivity contribution in [2.24, 2.45) is 11.8 Å². The van der Waals surface area contributed by atoms with E-state index < -0.39 is 6.10 Å². The fraction of sp³-hybridized carbons (Fsp3) is 0.588. The zero-order chi connectivity index (χ0) is 14.7. The van der Waals surface area contributed by atoms with Crippen LogP contribution in [0.2, 0.25) is 0 Å². The molecule has 2 saturated heterocycles. The molecule has 1 aromatic rings. The van der Waals surface area contributed by atoms with Gasteiger partial charge < -0.3 is 9.84 Å². The molecule has 0 spiro atoms. The highest BCUT2D eigenvalue weighted by molar-refractivity contribution is 9.10. The summed E-state index contributed by atoms with van der Waals surface area (Å²) in [6, 6.07) is 6.06. The van der Waals surface area contributed by atoms with Gasteiger partial charge in [0.15, 0.2) is 0 Å². The summed E-state index contributed by atoms with van der Waals surface area (Å²) in [7, 11) is 0. The van der Waals surface area contributed by atoms with E-state index in [-0.39, 0.29) is 35.7 Å². The van der Waals surface area contributed by atoms with Gasteiger partial charge in [0.1, 0.15) is 5.78 Å². The van der Waals surface area contributed by atoms with Crippen LogP contribution >= 0.6 is 15.9 Å². The van der Waals surface area contributed by atoms with Gasteiger partial charge in [0.05, 0.1) is 30.1 Å². The monoisotopic (exact) mass is 350 g/mol. The molecular formula is C17H19BrO3. The third-order valence-corrected chi connectivity index (χ3v) is 6.02. The molecule has 1 saturated carbocycles. The van der Waals surface area contributed by atoms with Gasteiger partial charge in [-0.25, -0.2) is 0 Å². The van der Waals surface area contributed by atoms with Gasteiger partial charge in [0.2, 0.25) is 0 Å². The van der Waals surface area contributed by atoms with Crippen LogP contribution in [-0.2, 0) is 16.0 Å². The second-order valence-corrected chi connectivity index (χ2v) is 7.38. The minimum Gasteiger partial charge on any atom is -0.392 e. The summed E-state index contributed by atoms with van der Waals surface area (Å²) in [4.78, 5) is 12.9. The maximum atomic E-state index is 12.9. The first-order chi connectivity index (χ1) is 10.1. The van der Waals surface area contributed by atoms with E-state index in [1.807, 2.05) is 12.1 Å². The quantitative estimate of drug-likeness (QED) is 0.891. The molecule has 21 heavy (non-hydrogen) atoms. The van der Waals surface area contributed by atoms with Gasteiger partial charge >= 0.3 is 0 Å². The number of aliphatic hydroxyl groups excluding tert-OH is 1. The van der Waals surface area contributed by atoms with Crippen molar-refractivity contribution in [3.05, 3.63) is 33.8 Å². The zero-order valence-electron chi connectivity index (χ0n) is 12.0. The van der Waals surface area contributed by atoms with Crippen LogP contribution in [0.15, 0.2) is 22.7 Å². The standard InChI is InChI=1S/C17H19BrO3/c1-2-8-3-4-9(18)7-10(8)13-16(19)14-11-5-6-12(21-11)15(14)17(13)20/h3-4,7,11-16,19H,2,5-6H2,1H3. The third-order valence-electron chi connectivity index (χ3n) is 5.52. The molecule has 3 aliphatic rings. The molecule has 3 fully saturated rings. The summed E-state index contributed by atoms with van der Waals surface area (Å²) in [5.41, 5.74) is 2.15. The second-order valence-electron chi connectivity index (χ2n) is 6.46. The molecule has 3 nitrogen and oxygen atoms in total. The van der Waals surface area contributed by atoms with Crippen molar-refractivity contribution < 1.29 is 14.6 Å². The smallest absolute Gasteiger partial charge is 0.149 e. The Bertz CT molecular complexity index is 600. The Kier molecular flexibility index (Phi) is 3.25. The number of hydrogen-bond acceptors (Lipinski definition) is 3. The Balaban J connectivity index is 1.76. The fourth-order valence-electron chi connectivity index (χ4n) is 4.63. The van der Waals surface area contributed by atoms with Crippen LogP contribution in [-0.4, -0.2) is 29.2 Å². The molecule has 2 aliphatic heterocycles. The van der Waals surface area contributed by atoms with Crippen molar-refractivity contribution in [2.75, 3.05) is 0 Å². The van der Waals surface area contributed by atoms with E-state index >= 15 is 0 Å². The lowest BCUT2D eigenvalue weighted by molar-refractivity contribution is -0.124. The largest absolute Gasteiger partial charge is 0.392 e. The fourth-order valence-corrected chi connectivity index (χ4v) is 5.01. The van der Waals surface area contributed by atoms with E-state index in [1.165, 1.54) is 0 Å². The number of ether oxygens (including phenoxy) is 1. The second kappa shape index (κ2) is 4.90. The molecule has 0 radical (unpaired) electrons. The van der Waals surface area contributed by atoms with Crippen molar-refractivity contribution >= 4 is 21.7 Å². The molecule has 4 rings (SSSR count). The number of carbonyl (C=O) groups is 1. The summed E-state index contributed by atoms with van der Waals surface area (Å²) in [6.45, 7) is 2.09. The van der Waals surface area contributed by atoms with Crippen LogP contribution in [0, 0.1) is 11.8 Å². The van der Waals surface area contributed by atoms with E-state index in [4.69, 9.17) is 4.74 Å². The number of aliphatic hydroxyl groups is 1. The maximum Gasteiger partial charge on any atom is 0.149 e. The number of ketones is 1. The molecule has 112 valence electrons. The van der Waals surface area contributed by atoms with Gasteiger partial charge in [-0.1, -0.05) is 28.9 Å². The number of rotatable bonds is 2. The maximum absolute atomic E-state index is 12.9. The number of Topliss-reactive ketones (excluding diaryl/α,β-unsaturated/α-hetero) is 1. The molecular weight excluding hydrogens is 332 g/mol. The van der Waals surface area contributed by atoms with E-state index in [0.717, 1.165) is 34.9 Å². The van der Waals surface area contributed by atoms with Crippen LogP contribution in [0.4, 0.5) is 0 Å². The molecule has 1 aliphatic carbocycles.